The van der Waals surface area contributed by atoms with Crippen LogP contribution in [0.15, 0.2) is 67.0 Å². The molecule has 0 radical (unpaired) electrons. The molecular formula is C20H18ClN3O2. The Morgan fingerprint density at radius 2 is 2.00 bits per heavy atom. The summed E-state index contributed by atoms with van der Waals surface area (Å²) in [7, 11) is 1.55. The minimum absolute atomic E-state index is 0.222. The molecule has 0 aliphatic heterocycles. The van der Waals surface area contributed by atoms with Gasteiger partial charge in [0.15, 0.2) is 0 Å². The normalized spacial score (nSPS) is 10.2. The number of nitrogens with one attached hydrogen (secondary N) is 2. The maximum absolute atomic E-state index is 12.7. The Morgan fingerprint density at radius 3 is 2.73 bits per heavy atom. The molecule has 2 aromatic carbocycles. The summed E-state index contributed by atoms with van der Waals surface area (Å²) in [4.78, 5) is 16.8. The Morgan fingerprint density at radius 1 is 1.15 bits per heavy atom. The van der Waals surface area contributed by atoms with Crippen molar-refractivity contribution >= 4 is 28.9 Å². The third-order valence-corrected chi connectivity index (χ3v) is 4.08. The highest BCUT2D eigenvalue weighted by Gasteiger charge is 2.12. The Kier molecular flexibility index (Phi) is 5.71. The summed E-state index contributed by atoms with van der Waals surface area (Å²) in [6.45, 7) is 0.576. The Balaban J connectivity index is 1.74. The van der Waals surface area contributed by atoms with E-state index in [9.17, 15) is 4.79 Å². The molecular weight excluding hydrogens is 350 g/mol. The van der Waals surface area contributed by atoms with Crippen LogP contribution in [0.5, 0.6) is 5.75 Å². The topological polar surface area (TPSA) is 63.2 Å². The molecule has 0 saturated carbocycles. The maximum Gasteiger partial charge on any atom is 0.257 e. The lowest BCUT2D eigenvalue weighted by molar-refractivity contribution is 0.102. The van der Waals surface area contributed by atoms with Gasteiger partial charge in [-0.3, -0.25) is 9.78 Å². The first kappa shape index (κ1) is 17.8. The second kappa shape index (κ2) is 8.36. The number of amides is 1. The van der Waals surface area contributed by atoms with Crippen molar-refractivity contribution in [1.29, 1.82) is 0 Å². The maximum atomic E-state index is 12.7. The van der Waals surface area contributed by atoms with Crippen LogP contribution in [0.2, 0.25) is 5.02 Å². The lowest BCUT2D eigenvalue weighted by Gasteiger charge is -2.13. The van der Waals surface area contributed by atoms with Crippen molar-refractivity contribution < 1.29 is 9.53 Å². The number of carbonyl (C=O) groups excluding carboxylic acids is 1. The third kappa shape index (κ3) is 4.32. The van der Waals surface area contributed by atoms with E-state index in [0.717, 1.165) is 11.3 Å². The minimum atomic E-state index is -0.222. The summed E-state index contributed by atoms with van der Waals surface area (Å²) in [5.74, 6) is 0.337. The molecule has 6 heteroatoms. The molecule has 0 spiro atoms. The van der Waals surface area contributed by atoms with Crippen molar-refractivity contribution in [2.75, 3.05) is 17.7 Å². The monoisotopic (exact) mass is 367 g/mol. The number of nitrogens with zero attached hydrogens (tertiary/aromatic N) is 1. The molecule has 2 N–H and O–H groups in total. The quantitative estimate of drug-likeness (QED) is 0.668. The number of para-hydroxylation sites is 1. The number of benzene rings is 2. The molecule has 0 aliphatic rings. The van der Waals surface area contributed by atoms with Crippen LogP contribution in [0.25, 0.3) is 0 Å². The number of pyridine rings is 1. The van der Waals surface area contributed by atoms with Gasteiger partial charge in [0.1, 0.15) is 5.75 Å². The van der Waals surface area contributed by atoms with Crippen LogP contribution in [0, 0.1) is 0 Å². The number of hydrogen-bond donors (Lipinski definition) is 2. The molecule has 0 bridgehead atoms. The van der Waals surface area contributed by atoms with Crippen LogP contribution in [0.4, 0.5) is 11.4 Å². The molecule has 0 fully saturated rings. The molecule has 3 aromatic rings. The number of rotatable bonds is 6. The molecule has 0 atom stereocenters. The smallest absolute Gasteiger partial charge is 0.257 e. The molecule has 132 valence electrons. The predicted molar refractivity (Wildman–Crippen MR) is 104 cm³/mol. The fourth-order valence-electron chi connectivity index (χ4n) is 2.48. The number of hydrogen-bond acceptors (Lipinski definition) is 4. The number of anilines is 2. The van der Waals surface area contributed by atoms with Crippen LogP contribution in [-0.4, -0.2) is 18.0 Å². The molecule has 0 saturated heterocycles. The zero-order valence-electron chi connectivity index (χ0n) is 14.2. The zero-order chi connectivity index (χ0) is 18.4. The van der Waals surface area contributed by atoms with Crippen molar-refractivity contribution in [1.82, 2.24) is 4.98 Å². The van der Waals surface area contributed by atoms with Gasteiger partial charge in [0, 0.05) is 30.3 Å². The Bertz CT molecular complexity index is 901. The van der Waals surface area contributed by atoms with Gasteiger partial charge >= 0.3 is 0 Å². The SMILES string of the molecule is COc1ccc(NC(=O)c2ccccc2NCc2cccnc2)cc1Cl. The van der Waals surface area contributed by atoms with Gasteiger partial charge < -0.3 is 15.4 Å². The van der Waals surface area contributed by atoms with E-state index < -0.39 is 0 Å². The van der Waals surface area contributed by atoms with Gasteiger partial charge in [0.2, 0.25) is 0 Å². The standard InChI is InChI=1S/C20H18ClN3O2/c1-26-19-9-8-15(11-17(19)21)24-20(25)16-6-2-3-7-18(16)23-13-14-5-4-10-22-12-14/h2-12,23H,13H2,1H3,(H,24,25). The number of aromatic nitrogens is 1. The Labute approximate surface area is 157 Å². The molecule has 0 aliphatic carbocycles. The Hall–Kier alpha value is -3.05. The van der Waals surface area contributed by atoms with Gasteiger partial charge in [-0.05, 0) is 42.0 Å². The van der Waals surface area contributed by atoms with E-state index in [2.05, 4.69) is 15.6 Å². The van der Waals surface area contributed by atoms with Gasteiger partial charge in [0.25, 0.3) is 5.91 Å². The van der Waals surface area contributed by atoms with E-state index in [0.29, 0.717) is 28.6 Å². The highest BCUT2D eigenvalue weighted by molar-refractivity contribution is 6.32. The molecule has 26 heavy (non-hydrogen) atoms. The lowest BCUT2D eigenvalue weighted by atomic mass is 10.1. The average Bonchev–Trinajstić information content (AvgIpc) is 2.67. The van der Waals surface area contributed by atoms with E-state index in [-0.39, 0.29) is 5.91 Å². The van der Waals surface area contributed by atoms with Crippen LogP contribution in [-0.2, 0) is 6.54 Å². The fraction of sp³-hybridized carbons (Fsp3) is 0.100. The third-order valence-electron chi connectivity index (χ3n) is 3.79. The van der Waals surface area contributed by atoms with E-state index in [1.165, 1.54) is 0 Å². The first-order valence-corrected chi connectivity index (χ1v) is 8.42. The zero-order valence-corrected chi connectivity index (χ0v) is 15.0. The highest BCUT2D eigenvalue weighted by atomic mass is 35.5. The average molecular weight is 368 g/mol. The highest BCUT2D eigenvalue weighted by Crippen LogP contribution is 2.28. The van der Waals surface area contributed by atoms with Gasteiger partial charge in [-0.15, -0.1) is 0 Å². The van der Waals surface area contributed by atoms with Crippen molar-refractivity contribution in [3.63, 3.8) is 0 Å². The van der Waals surface area contributed by atoms with Crippen molar-refractivity contribution in [3.8, 4) is 5.75 Å². The summed E-state index contributed by atoms with van der Waals surface area (Å²) in [6.07, 6.45) is 3.51. The summed E-state index contributed by atoms with van der Waals surface area (Å²) < 4.78 is 5.12. The summed E-state index contributed by atoms with van der Waals surface area (Å²) in [6, 6.07) is 16.3. The number of methoxy groups -OCH3 is 1. The number of halogens is 1. The van der Waals surface area contributed by atoms with Crippen molar-refractivity contribution in [2.24, 2.45) is 0 Å². The first-order chi connectivity index (χ1) is 12.7. The second-order valence-corrected chi connectivity index (χ2v) is 5.97. The fourth-order valence-corrected chi connectivity index (χ4v) is 2.74. The van der Waals surface area contributed by atoms with E-state index in [4.69, 9.17) is 16.3 Å². The summed E-state index contributed by atoms with van der Waals surface area (Å²) >= 11 is 6.11. The van der Waals surface area contributed by atoms with Crippen LogP contribution in [0.3, 0.4) is 0 Å². The minimum Gasteiger partial charge on any atom is -0.495 e. The number of carbonyl (C=O) groups is 1. The van der Waals surface area contributed by atoms with Gasteiger partial charge in [-0.25, -0.2) is 0 Å². The predicted octanol–water partition coefficient (Wildman–Crippen LogP) is 4.61. The molecule has 0 unspecified atom stereocenters. The molecule has 3 rings (SSSR count). The van der Waals surface area contributed by atoms with Crippen LogP contribution < -0.4 is 15.4 Å². The van der Waals surface area contributed by atoms with E-state index >= 15 is 0 Å². The van der Waals surface area contributed by atoms with E-state index in [1.54, 1.807) is 43.8 Å². The van der Waals surface area contributed by atoms with Gasteiger partial charge in [0.05, 0.1) is 17.7 Å². The van der Waals surface area contributed by atoms with Crippen LogP contribution in [0.1, 0.15) is 15.9 Å². The largest absolute Gasteiger partial charge is 0.495 e. The molecule has 1 amide bonds. The van der Waals surface area contributed by atoms with Crippen LogP contribution >= 0.6 is 11.6 Å². The van der Waals surface area contributed by atoms with Crippen molar-refractivity contribution in [3.05, 3.63) is 83.1 Å². The van der Waals surface area contributed by atoms with E-state index in [1.807, 2.05) is 30.3 Å². The molecule has 5 nitrogen and oxygen atoms in total. The number of ether oxygens (including phenoxy) is 1. The lowest BCUT2D eigenvalue weighted by Crippen LogP contribution is -2.14. The summed E-state index contributed by atoms with van der Waals surface area (Å²) in [5.41, 5.74) is 2.92. The first-order valence-electron chi connectivity index (χ1n) is 8.04. The molecule has 1 aromatic heterocycles. The van der Waals surface area contributed by atoms with Gasteiger partial charge in [-0.1, -0.05) is 29.8 Å². The van der Waals surface area contributed by atoms with Gasteiger partial charge in [-0.2, -0.15) is 0 Å². The second-order valence-electron chi connectivity index (χ2n) is 5.56. The summed E-state index contributed by atoms with van der Waals surface area (Å²) in [5, 5.41) is 6.57. The van der Waals surface area contributed by atoms with Crippen molar-refractivity contribution in [2.45, 2.75) is 6.54 Å². The molecule has 1 heterocycles.